The maximum Gasteiger partial charge on any atom is 0.247 e. The van der Waals surface area contributed by atoms with Crippen molar-refractivity contribution in [3.8, 4) is 0 Å². The van der Waals surface area contributed by atoms with Crippen LogP contribution in [0.1, 0.15) is 5.56 Å². The zero-order chi connectivity index (χ0) is 13.2. The Morgan fingerprint density at radius 2 is 1.89 bits per heavy atom. The molecule has 1 aliphatic rings. The van der Waals surface area contributed by atoms with Crippen LogP contribution in [-0.4, -0.2) is 11.9 Å². The molecule has 4 heteroatoms. The van der Waals surface area contributed by atoms with E-state index in [-0.39, 0.29) is 11.9 Å². The van der Waals surface area contributed by atoms with Crippen LogP contribution in [0.2, 0.25) is 0 Å². The van der Waals surface area contributed by atoms with Crippen LogP contribution in [-0.2, 0) is 11.2 Å². The molecule has 19 heavy (non-hydrogen) atoms. The van der Waals surface area contributed by atoms with Crippen molar-refractivity contribution in [3.63, 3.8) is 0 Å². The van der Waals surface area contributed by atoms with E-state index in [0.717, 1.165) is 22.3 Å². The van der Waals surface area contributed by atoms with E-state index in [0.29, 0.717) is 0 Å². The molecule has 0 aliphatic carbocycles. The molecule has 2 N–H and O–H groups in total. The molecule has 0 bridgehead atoms. The highest BCUT2D eigenvalue weighted by molar-refractivity contribution is 9.10. The molecule has 2 aromatic carbocycles. The molecule has 1 aliphatic heterocycles. The average molecular weight is 317 g/mol. The molecule has 0 saturated carbocycles. The average Bonchev–Trinajstić information content (AvgIpc) is 2.85. The quantitative estimate of drug-likeness (QED) is 0.891. The number of benzene rings is 2. The summed E-state index contributed by atoms with van der Waals surface area (Å²) in [5, 5.41) is 6.17. The summed E-state index contributed by atoms with van der Waals surface area (Å²) in [5.74, 6) is -0.00137. The van der Waals surface area contributed by atoms with E-state index >= 15 is 0 Å². The molecule has 96 valence electrons. The van der Waals surface area contributed by atoms with Gasteiger partial charge >= 0.3 is 0 Å². The van der Waals surface area contributed by atoms with Gasteiger partial charge in [0.15, 0.2) is 0 Å². The van der Waals surface area contributed by atoms with Crippen LogP contribution in [0.25, 0.3) is 0 Å². The highest BCUT2D eigenvalue weighted by Crippen LogP contribution is 2.25. The van der Waals surface area contributed by atoms with E-state index < -0.39 is 0 Å². The Morgan fingerprint density at radius 3 is 2.63 bits per heavy atom. The van der Waals surface area contributed by atoms with E-state index in [2.05, 4.69) is 32.6 Å². The van der Waals surface area contributed by atoms with E-state index in [9.17, 15) is 4.79 Å². The van der Waals surface area contributed by atoms with Gasteiger partial charge in [-0.3, -0.25) is 4.79 Å². The van der Waals surface area contributed by atoms with Gasteiger partial charge in [-0.2, -0.15) is 0 Å². The van der Waals surface area contributed by atoms with Crippen LogP contribution in [0.4, 0.5) is 11.4 Å². The third-order valence-corrected chi connectivity index (χ3v) is 3.73. The molecule has 0 spiro atoms. The van der Waals surface area contributed by atoms with E-state index in [1.807, 2.05) is 42.5 Å². The lowest BCUT2D eigenvalue weighted by molar-refractivity contribution is -0.116. The lowest BCUT2D eigenvalue weighted by Crippen LogP contribution is -2.32. The predicted octanol–water partition coefficient (Wildman–Crippen LogP) is 3.42. The number of rotatable bonds is 2. The molecular formula is C15H13BrN2O. The van der Waals surface area contributed by atoms with E-state index in [4.69, 9.17) is 0 Å². The van der Waals surface area contributed by atoms with Crippen molar-refractivity contribution in [2.45, 2.75) is 12.5 Å². The van der Waals surface area contributed by atoms with Gasteiger partial charge in [0.05, 0.1) is 0 Å². The number of anilines is 2. The Morgan fingerprint density at radius 1 is 1.16 bits per heavy atom. The Labute approximate surface area is 120 Å². The standard InChI is InChI=1S/C15H13BrN2O/c16-11-5-7-12(8-6-11)17-15(19)14-9-10-3-1-2-4-13(10)18-14/h1-8,14,18H,9H2,(H,17,19). The summed E-state index contributed by atoms with van der Waals surface area (Å²) in [5.41, 5.74) is 3.06. The van der Waals surface area contributed by atoms with Crippen LogP contribution in [0, 0.1) is 0 Å². The molecule has 1 unspecified atom stereocenters. The minimum Gasteiger partial charge on any atom is -0.373 e. The van der Waals surface area contributed by atoms with Crippen LogP contribution in [0.3, 0.4) is 0 Å². The smallest absolute Gasteiger partial charge is 0.247 e. The van der Waals surface area contributed by atoms with Gasteiger partial charge in [-0.15, -0.1) is 0 Å². The molecule has 0 radical (unpaired) electrons. The number of para-hydroxylation sites is 1. The molecule has 0 saturated heterocycles. The first-order valence-electron chi connectivity index (χ1n) is 6.13. The molecule has 2 aromatic rings. The van der Waals surface area contributed by atoms with Crippen molar-refractivity contribution < 1.29 is 4.79 Å². The zero-order valence-electron chi connectivity index (χ0n) is 10.2. The number of halogens is 1. The zero-order valence-corrected chi connectivity index (χ0v) is 11.8. The normalized spacial score (nSPS) is 16.6. The minimum atomic E-state index is -0.193. The Balaban J connectivity index is 1.68. The maximum atomic E-state index is 12.2. The third-order valence-electron chi connectivity index (χ3n) is 3.20. The van der Waals surface area contributed by atoms with Crippen LogP contribution >= 0.6 is 15.9 Å². The fourth-order valence-corrected chi connectivity index (χ4v) is 2.48. The summed E-state index contributed by atoms with van der Waals surface area (Å²) in [6, 6.07) is 15.4. The summed E-state index contributed by atoms with van der Waals surface area (Å²) < 4.78 is 0.997. The Hall–Kier alpha value is -1.81. The van der Waals surface area contributed by atoms with Crippen LogP contribution in [0.15, 0.2) is 53.0 Å². The molecule has 1 amide bonds. The minimum absolute atomic E-state index is 0.00137. The van der Waals surface area contributed by atoms with Gasteiger partial charge in [-0.25, -0.2) is 0 Å². The van der Waals surface area contributed by atoms with Gasteiger partial charge in [0.2, 0.25) is 5.91 Å². The lowest BCUT2D eigenvalue weighted by atomic mass is 10.1. The number of carbonyl (C=O) groups is 1. The van der Waals surface area contributed by atoms with Crippen molar-refractivity contribution in [1.82, 2.24) is 0 Å². The van der Waals surface area contributed by atoms with Gasteiger partial charge in [0, 0.05) is 22.3 Å². The van der Waals surface area contributed by atoms with E-state index in [1.54, 1.807) is 0 Å². The number of hydrogen-bond donors (Lipinski definition) is 2. The predicted molar refractivity (Wildman–Crippen MR) is 80.3 cm³/mol. The van der Waals surface area contributed by atoms with E-state index in [1.165, 1.54) is 5.56 Å². The second kappa shape index (κ2) is 5.05. The SMILES string of the molecule is O=C(Nc1ccc(Br)cc1)C1Cc2ccccc2N1. The van der Waals surface area contributed by atoms with Crippen molar-refractivity contribution in [2.75, 3.05) is 10.6 Å². The maximum absolute atomic E-state index is 12.2. The highest BCUT2D eigenvalue weighted by Gasteiger charge is 2.26. The first-order chi connectivity index (χ1) is 9.22. The summed E-state index contributed by atoms with van der Waals surface area (Å²) in [6.07, 6.45) is 0.735. The molecule has 3 nitrogen and oxygen atoms in total. The molecular weight excluding hydrogens is 304 g/mol. The fourth-order valence-electron chi connectivity index (χ4n) is 2.22. The number of amides is 1. The van der Waals surface area contributed by atoms with Crippen molar-refractivity contribution in [3.05, 3.63) is 58.6 Å². The van der Waals surface area contributed by atoms with Crippen LogP contribution < -0.4 is 10.6 Å². The third kappa shape index (κ3) is 2.63. The van der Waals surface area contributed by atoms with Gasteiger partial charge in [0.25, 0.3) is 0 Å². The monoisotopic (exact) mass is 316 g/mol. The Kier molecular flexibility index (Phi) is 3.25. The summed E-state index contributed by atoms with van der Waals surface area (Å²) in [4.78, 5) is 12.2. The fraction of sp³-hybridized carbons (Fsp3) is 0.133. The summed E-state index contributed by atoms with van der Waals surface area (Å²) in [6.45, 7) is 0. The molecule has 0 aromatic heterocycles. The highest BCUT2D eigenvalue weighted by atomic mass is 79.9. The summed E-state index contributed by atoms with van der Waals surface area (Å²) >= 11 is 3.37. The molecule has 1 atom stereocenters. The first-order valence-corrected chi connectivity index (χ1v) is 6.92. The molecule has 0 fully saturated rings. The first kappa shape index (κ1) is 12.2. The molecule has 3 rings (SSSR count). The Bertz CT molecular complexity index is 585. The van der Waals surface area contributed by atoms with Crippen molar-refractivity contribution in [1.29, 1.82) is 0 Å². The molecule has 1 heterocycles. The topological polar surface area (TPSA) is 41.1 Å². The lowest BCUT2D eigenvalue weighted by Gasteiger charge is -2.12. The number of fused-ring (bicyclic) bond motifs is 1. The second-order valence-electron chi connectivity index (χ2n) is 4.55. The van der Waals surface area contributed by atoms with Crippen LogP contribution in [0.5, 0.6) is 0 Å². The van der Waals surface area contributed by atoms with Gasteiger partial charge in [-0.1, -0.05) is 34.1 Å². The second-order valence-corrected chi connectivity index (χ2v) is 5.47. The van der Waals surface area contributed by atoms with Gasteiger partial charge in [-0.05, 0) is 35.9 Å². The number of carbonyl (C=O) groups excluding carboxylic acids is 1. The summed E-state index contributed by atoms with van der Waals surface area (Å²) in [7, 11) is 0. The van der Waals surface area contributed by atoms with Crippen molar-refractivity contribution >= 4 is 33.2 Å². The largest absolute Gasteiger partial charge is 0.373 e. The number of hydrogen-bond acceptors (Lipinski definition) is 2. The van der Waals surface area contributed by atoms with Crippen molar-refractivity contribution in [2.24, 2.45) is 0 Å². The number of nitrogens with one attached hydrogen (secondary N) is 2. The van der Waals surface area contributed by atoms with Gasteiger partial charge < -0.3 is 10.6 Å². The van der Waals surface area contributed by atoms with Gasteiger partial charge in [0.1, 0.15) is 6.04 Å².